The highest BCUT2D eigenvalue weighted by Crippen LogP contribution is 2.39. The van der Waals surface area contributed by atoms with Crippen LogP contribution >= 0.6 is 0 Å². The zero-order valence-corrected chi connectivity index (χ0v) is 13.1. The Morgan fingerprint density at radius 3 is 2.55 bits per heavy atom. The number of anilines is 1. The maximum Gasteiger partial charge on any atom is 0.218 e. The van der Waals surface area contributed by atoms with Gasteiger partial charge in [0, 0.05) is 18.5 Å². The molecular formula is C16H27N3O. The summed E-state index contributed by atoms with van der Waals surface area (Å²) < 4.78 is 5.76. The quantitative estimate of drug-likeness (QED) is 0.784. The molecule has 1 fully saturated rings. The second-order valence-corrected chi connectivity index (χ2v) is 6.54. The SMILES string of the molecule is CC(C)CCNc1cc(OCC(C)C)nc(C2CC2)n1. The maximum absolute atomic E-state index is 5.76. The molecule has 1 saturated carbocycles. The van der Waals surface area contributed by atoms with Gasteiger partial charge in [-0.3, -0.25) is 0 Å². The first-order valence-corrected chi connectivity index (χ1v) is 7.80. The van der Waals surface area contributed by atoms with Crippen molar-refractivity contribution < 1.29 is 4.74 Å². The van der Waals surface area contributed by atoms with E-state index < -0.39 is 0 Å². The van der Waals surface area contributed by atoms with Crippen LogP contribution in [0.1, 0.15) is 58.7 Å². The topological polar surface area (TPSA) is 47.0 Å². The minimum Gasteiger partial charge on any atom is -0.477 e. The molecule has 1 aliphatic carbocycles. The Bertz CT molecular complexity index is 428. The summed E-state index contributed by atoms with van der Waals surface area (Å²) >= 11 is 0. The number of nitrogens with zero attached hydrogens (tertiary/aromatic N) is 2. The molecule has 1 N–H and O–H groups in total. The predicted octanol–water partition coefficient (Wildman–Crippen LogP) is 3.85. The number of rotatable bonds is 8. The Kier molecular flexibility index (Phi) is 5.21. The minimum atomic E-state index is 0.506. The molecule has 2 rings (SSSR count). The fourth-order valence-corrected chi connectivity index (χ4v) is 1.87. The van der Waals surface area contributed by atoms with Gasteiger partial charge in [-0.15, -0.1) is 0 Å². The van der Waals surface area contributed by atoms with Crippen molar-refractivity contribution in [2.24, 2.45) is 11.8 Å². The molecule has 0 aromatic carbocycles. The first-order chi connectivity index (χ1) is 9.54. The Hall–Kier alpha value is -1.32. The molecule has 20 heavy (non-hydrogen) atoms. The molecule has 0 spiro atoms. The van der Waals surface area contributed by atoms with Crippen molar-refractivity contribution in [2.75, 3.05) is 18.5 Å². The van der Waals surface area contributed by atoms with Crippen LogP contribution in [0, 0.1) is 11.8 Å². The van der Waals surface area contributed by atoms with Crippen LogP contribution in [-0.2, 0) is 0 Å². The van der Waals surface area contributed by atoms with Gasteiger partial charge in [-0.25, -0.2) is 4.98 Å². The molecule has 0 atom stereocenters. The lowest BCUT2D eigenvalue weighted by atomic mass is 10.1. The van der Waals surface area contributed by atoms with Gasteiger partial charge in [-0.05, 0) is 31.1 Å². The van der Waals surface area contributed by atoms with Gasteiger partial charge in [0.25, 0.3) is 0 Å². The van der Waals surface area contributed by atoms with Crippen LogP contribution in [0.15, 0.2) is 6.07 Å². The van der Waals surface area contributed by atoms with Crippen molar-refractivity contribution >= 4 is 5.82 Å². The van der Waals surface area contributed by atoms with Gasteiger partial charge in [-0.2, -0.15) is 4.98 Å². The second kappa shape index (κ2) is 6.91. The van der Waals surface area contributed by atoms with Gasteiger partial charge in [-0.1, -0.05) is 27.7 Å². The molecule has 0 saturated heterocycles. The van der Waals surface area contributed by atoms with Crippen LogP contribution < -0.4 is 10.1 Å². The highest BCUT2D eigenvalue weighted by Gasteiger charge is 2.27. The summed E-state index contributed by atoms with van der Waals surface area (Å²) in [5.74, 6) is 4.31. The van der Waals surface area contributed by atoms with Gasteiger partial charge >= 0.3 is 0 Å². The minimum absolute atomic E-state index is 0.506. The number of hydrogen-bond acceptors (Lipinski definition) is 4. The molecule has 4 heteroatoms. The fourth-order valence-electron chi connectivity index (χ4n) is 1.87. The summed E-state index contributed by atoms with van der Waals surface area (Å²) in [6.07, 6.45) is 3.56. The van der Waals surface area contributed by atoms with E-state index in [1.807, 2.05) is 6.07 Å². The van der Waals surface area contributed by atoms with E-state index in [0.717, 1.165) is 24.6 Å². The molecule has 4 nitrogen and oxygen atoms in total. The first-order valence-electron chi connectivity index (χ1n) is 7.80. The van der Waals surface area contributed by atoms with Crippen LogP contribution in [0.5, 0.6) is 5.88 Å². The van der Waals surface area contributed by atoms with Crippen molar-refractivity contribution in [1.29, 1.82) is 0 Å². The zero-order valence-electron chi connectivity index (χ0n) is 13.1. The molecule has 0 radical (unpaired) electrons. The van der Waals surface area contributed by atoms with Gasteiger partial charge in [0.1, 0.15) is 11.6 Å². The van der Waals surface area contributed by atoms with Crippen LogP contribution in [0.4, 0.5) is 5.82 Å². The average molecular weight is 277 g/mol. The number of hydrogen-bond donors (Lipinski definition) is 1. The summed E-state index contributed by atoms with van der Waals surface area (Å²) in [4.78, 5) is 9.15. The molecule has 0 unspecified atom stereocenters. The van der Waals surface area contributed by atoms with E-state index in [1.165, 1.54) is 12.8 Å². The van der Waals surface area contributed by atoms with Crippen molar-refractivity contribution in [3.05, 3.63) is 11.9 Å². The highest BCUT2D eigenvalue weighted by atomic mass is 16.5. The summed E-state index contributed by atoms with van der Waals surface area (Å²) in [7, 11) is 0. The van der Waals surface area contributed by atoms with Crippen molar-refractivity contribution in [1.82, 2.24) is 9.97 Å². The van der Waals surface area contributed by atoms with Crippen molar-refractivity contribution in [3.63, 3.8) is 0 Å². The number of ether oxygens (including phenoxy) is 1. The largest absolute Gasteiger partial charge is 0.477 e. The van der Waals surface area contributed by atoms with Crippen LogP contribution in [0.25, 0.3) is 0 Å². The van der Waals surface area contributed by atoms with Crippen LogP contribution in [-0.4, -0.2) is 23.1 Å². The molecule has 112 valence electrons. The predicted molar refractivity (Wildman–Crippen MR) is 82.3 cm³/mol. The van der Waals surface area contributed by atoms with E-state index >= 15 is 0 Å². The molecule has 1 heterocycles. The lowest BCUT2D eigenvalue weighted by molar-refractivity contribution is 0.260. The summed E-state index contributed by atoms with van der Waals surface area (Å²) in [6, 6.07) is 1.93. The smallest absolute Gasteiger partial charge is 0.218 e. The van der Waals surface area contributed by atoms with E-state index in [2.05, 4.69) is 43.0 Å². The average Bonchev–Trinajstić information content (AvgIpc) is 3.20. The van der Waals surface area contributed by atoms with E-state index in [0.29, 0.717) is 30.2 Å². The molecule has 0 bridgehead atoms. The molecule has 1 aliphatic rings. The fraction of sp³-hybridized carbons (Fsp3) is 0.750. The zero-order chi connectivity index (χ0) is 14.5. The maximum atomic E-state index is 5.76. The lowest BCUT2D eigenvalue weighted by Gasteiger charge is -2.12. The van der Waals surface area contributed by atoms with E-state index in [-0.39, 0.29) is 0 Å². The second-order valence-electron chi connectivity index (χ2n) is 6.54. The number of nitrogens with one attached hydrogen (secondary N) is 1. The Balaban J connectivity index is 2.01. The van der Waals surface area contributed by atoms with Gasteiger partial charge in [0.2, 0.25) is 5.88 Å². The lowest BCUT2D eigenvalue weighted by Crippen LogP contribution is -2.10. The molecule has 0 aliphatic heterocycles. The Labute approximate surface area is 122 Å². The van der Waals surface area contributed by atoms with Crippen molar-refractivity contribution in [2.45, 2.75) is 52.9 Å². The third-order valence-electron chi connectivity index (χ3n) is 3.25. The Morgan fingerprint density at radius 1 is 1.20 bits per heavy atom. The van der Waals surface area contributed by atoms with E-state index in [1.54, 1.807) is 0 Å². The third-order valence-corrected chi connectivity index (χ3v) is 3.25. The molecule has 1 aromatic rings. The normalized spacial score (nSPS) is 14.9. The summed E-state index contributed by atoms with van der Waals surface area (Å²) in [5.41, 5.74) is 0. The number of aromatic nitrogens is 2. The van der Waals surface area contributed by atoms with Gasteiger partial charge in [0.15, 0.2) is 0 Å². The van der Waals surface area contributed by atoms with E-state index in [4.69, 9.17) is 4.74 Å². The molecule has 0 amide bonds. The van der Waals surface area contributed by atoms with Crippen LogP contribution in [0.3, 0.4) is 0 Å². The van der Waals surface area contributed by atoms with Crippen LogP contribution in [0.2, 0.25) is 0 Å². The third kappa shape index (κ3) is 4.99. The van der Waals surface area contributed by atoms with Gasteiger partial charge < -0.3 is 10.1 Å². The molecular weight excluding hydrogens is 250 g/mol. The van der Waals surface area contributed by atoms with Gasteiger partial charge in [0.05, 0.1) is 6.61 Å². The standard InChI is InChI=1S/C16H27N3O/c1-11(2)7-8-17-14-9-15(20-10-12(3)4)19-16(18-14)13-5-6-13/h9,11-13H,5-8,10H2,1-4H3,(H,17,18,19). The highest BCUT2D eigenvalue weighted by molar-refractivity contribution is 5.39. The summed E-state index contributed by atoms with van der Waals surface area (Å²) in [6.45, 7) is 10.4. The Morgan fingerprint density at radius 2 is 1.95 bits per heavy atom. The monoisotopic (exact) mass is 277 g/mol. The van der Waals surface area contributed by atoms with E-state index in [9.17, 15) is 0 Å². The van der Waals surface area contributed by atoms with Crippen molar-refractivity contribution in [3.8, 4) is 5.88 Å². The first kappa shape index (κ1) is 15.1. The summed E-state index contributed by atoms with van der Waals surface area (Å²) in [5, 5.41) is 3.40. The molecule has 1 aromatic heterocycles.